The highest BCUT2D eigenvalue weighted by Crippen LogP contribution is 2.20. The maximum absolute atomic E-state index is 12.6. The molecule has 3 rings (SSSR count). The maximum atomic E-state index is 12.6. The smallest absolute Gasteiger partial charge is 0.290 e. The molecule has 24 heavy (non-hydrogen) atoms. The number of hydrogen-bond acceptors (Lipinski definition) is 4. The van der Waals surface area contributed by atoms with E-state index in [1.807, 2.05) is 48.7 Å². The van der Waals surface area contributed by atoms with Crippen LogP contribution in [0.4, 0.5) is 0 Å². The summed E-state index contributed by atoms with van der Waals surface area (Å²) in [6, 6.07) is 13.1. The van der Waals surface area contributed by atoms with E-state index in [1.165, 1.54) is 4.90 Å². The fourth-order valence-corrected chi connectivity index (χ4v) is 3.04. The van der Waals surface area contributed by atoms with Crippen LogP contribution in [0.15, 0.2) is 52.3 Å². The molecule has 0 radical (unpaired) electrons. The first-order chi connectivity index (χ1) is 11.7. The van der Waals surface area contributed by atoms with Gasteiger partial charge in [-0.15, -0.1) is 11.3 Å². The number of furan rings is 1. The number of fused-ring (bicyclic) bond motifs is 1. The van der Waals surface area contributed by atoms with Crippen molar-refractivity contribution in [3.8, 4) is 0 Å². The molecule has 0 saturated heterocycles. The lowest BCUT2D eigenvalue weighted by Gasteiger charge is -2.18. The second-order valence-corrected chi connectivity index (χ2v) is 6.36. The molecule has 0 aliphatic heterocycles. The van der Waals surface area contributed by atoms with Gasteiger partial charge in [-0.1, -0.05) is 24.3 Å². The number of thiophene rings is 1. The van der Waals surface area contributed by atoms with Crippen LogP contribution >= 0.6 is 11.3 Å². The zero-order valence-electron chi connectivity index (χ0n) is 13.3. The Kier molecular flexibility index (Phi) is 4.96. The maximum Gasteiger partial charge on any atom is 0.290 e. The second kappa shape index (κ2) is 7.31. The van der Waals surface area contributed by atoms with E-state index in [0.717, 1.165) is 10.3 Å². The minimum Gasteiger partial charge on any atom is -0.451 e. The lowest BCUT2D eigenvalue weighted by atomic mass is 10.2. The van der Waals surface area contributed by atoms with Crippen LogP contribution in [0.2, 0.25) is 0 Å². The van der Waals surface area contributed by atoms with Crippen LogP contribution in [-0.4, -0.2) is 29.8 Å². The molecule has 0 bridgehead atoms. The van der Waals surface area contributed by atoms with Gasteiger partial charge in [0.2, 0.25) is 5.91 Å². The molecule has 5 nitrogen and oxygen atoms in total. The van der Waals surface area contributed by atoms with Gasteiger partial charge in [-0.25, -0.2) is 0 Å². The third kappa shape index (κ3) is 3.65. The third-order valence-electron chi connectivity index (χ3n) is 3.68. The lowest BCUT2D eigenvalue weighted by Crippen LogP contribution is -2.40. The van der Waals surface area contributed by atoms with Gasteiger partial charge >= 0.3 is 0 Å². The molecule has 0 aliphatic rings. The Balaban J connectivity index is 1.64. The van der Waals surface area contributed by atoms with Crippen molar-refractivity contribution in [2.45, 2.75) is 13.5 Å². The fraction of sp³-hybridized carbons (Fsp3) is 0.222. The first-order valence-corrected chi connectivity index (χ1v) is 8.62. The number of para-hydroxylation sites is 1. The standard InChI is InChI=1S/C18H18N2O3S/c1-2-20(12-17(21)19-11-14-7-5-9-24-14)18(22)16-10-13-6-3-4-8-15(13)23-16/h3-10H,2,11-12H2,1H3,(H,19,21). The van der Waals surface area contributed by atoms with E-state index in [0.29, 0.717) is 18.7 Å². The number of carbonyl (C=O) groups is 2. The minimum atomic E-state index is -0.278. The number of nitrogens with zero attached hydrogens (tertiary/aromatic N) is 1. The molecule has 2 amide bonds. The number of rotatable bonds is 6. The Morgan fingerprint density at radius 1 is 1.21 bits per heavy atom. The molecule has 124 valence electrons. The fourth-order valence-electron chi connectivity index (χ4n) is 2.40. The largest absolute Gasteiger partial charge is 0.451 e. The average Bonchev–Trinajstić information content (AvgIpc) is 3.26. The summed E-state index contributed by atoms with van der Waals surface area (Å²) in [5.41, 5.74) is 0.666. The molecule has 2 heterocycles. The van der Waals surface area contributed by atoms with Crippen molar-refractivity contribution in [1.82, 2.24) is 10.2 Å². The van der Waals surface area contributed by atoms with E-state index in [9.17, 15) is 9.59 Å². The van der Waals surface area contributed by atoms with Gasteiger partial charge in [0.25, 0.3) is 5.91 Å². The summed E-state index contributed by atoms with van der Waals surface area (Å²) in [4.78, 5) is 27.2. The molecule has 3 aromatic rings. The topological polar surface area (TPSA) is 62.6 Å². The van der Waals surface area contributed by atoms with Gasteiger partial charge in [0.1, 0.15) is 5.58 Å². The Morgan fingerprint density at radius 3 is 2.75 bits per heavy atom. The van der Waals surface area contributed by atoms with Gasteiger partial charge < -0.3 is 14.6 Å². The minimum absolute atomic E-state index is 0.0117. The normalized spacial score (nSPS) is 10.7. The molecule has 1 aromatic carbocycles. The summed E-state index contributed by atoms with van der Waals surface area (Å²) in [7, 11) is 0. The number of nitrogens with one attached hydrogen (secondary N) is 1. The molecule has 6 heteroatoms. The van der Waals surface area contributed by atoms with Crippen molar-refractivity contribution in [2.24, 2.45) is 0 Å². The summed E-state index contributed by atoms with van der Waals surface area (Å²) in [6.45, 7) is 2.76. The highest BCUT2D eigenvalue weighted by atomic mass is 32.1. The molecule has 0 spiro atoms. The first kappa shape index (κ1) is 16.3. The van der Waals surface area contributed by atoms with Gasteiger partial charge in [-0.05, 0) is 30.5 Å². The Hall–Kier alpha value is -2.60. The van der Waals surface area contributed by atoms with Gasteiger partial charge in [-0.2, -0.15) is 0 Å². The predicted molar refractivity (Wildman–Crippen MR) is 94.0 cm³/mol. The molecule has 0 unspecified atom stereocenters. The van der Waals surface area contributed by atoms with Crippen molar-refractivity contribution in [1.29, 1.82) is 0 Å². The summed E-state index contributed by atoms with van der Waals surface area (Å²) in [5.74, 6) is -0.209. The summed E-state index contributed by atoms with van der Waals surface area (Å²) >= 11 is 1.58. The van der Waals surface area contributed by atoms with Crippen LogP contribution in [0.3, 0.4) is 0 Å². The van der Waals surface area contributed by atoms with Crippen LogP contribution in [0.5, 0.6) is 0 Å². The van der Waals surface area contributed by atoms with Crippen molar-refractivity contribution >= 4 is 34.1 Å². The van der Waals surface area contributed by atoms with E-state index in [1.54, 1.807) is 17.4 Å². The number of carbonyl (C=O) groups excluding carboxylic acids is 2. The van der Waals surface area contributed by atoms with Crippen molar-refractivity contribution in [3.63, 3.8) is 0 Å². The molecule has 0 fully saturated rings. The van der Waals surface area contributed by atoms with E-state index in [2.05, 4.69) is 5.32 Å². The van der Waals surface area contributed by atoms with Gasteiger partial charge in [0.05, 0.1) is 13.1 Å². The van der Waals surface area contributed by atoms with E-state index in [4.69, 9.17) is 4.42 Å². The van der Waals surface area contributed by atoms with Gasteiger partial charge in [-0.3, -0.25) is 9.59 Å². The zero-order valence-corrected chi connectivity index (χ0v) is 14.1. The second-order valence-electron chi connectivity index (χ2n) is 5.32. The van der Waals surface area contributed by atoms with Crippen molar-refractivity contribution < 1.29 is 14.0 Å². The van der Waals surface area contributed by atoms with Crippen LogP contribution in [0.1, 0.15) is 22.4 Å². The SMILES string of the molecule is CCN(CC(=O)NCc1cccs1)C(=O)c1cc2ccccc2o1. The lowest BCUT2D eigenvalue weighted by molar-refractivity contribution is -0.121. The van der Waals surface area contributed by atoms with Crippen LogP contribution < -0.4 is 5.32 Å². The average molecular weight is 342 g/mol. The number of likely N-dealkylation sites (N-methyl/N-ethyl adjacent to an activating group) is 1. The number of amides is 2. The molecule has 0 saturated carbocycles. The third-order valence-corrected chi connectivity index (χ3v) is 4.56. The van der Waals surface area contributed by atoms with Crippen LogP contribution in [-0.2, 0) is 11.3 Å². The molecule has 1 N–H and O–H groups in total. The van der Waals surface area contributed by atoms with E-state index >= 15 is 0 Å². The molecule has 0 aliphatic carbocycles. The number of hydrogen-bond donors (Lipinski definition) is 1. The predicted octanol–water partition coefficient (Wildman–Crippen LogP) is 3.27. The van der Waals surface area contributed by atoms with Crippen molar-refractivity contribution in [2.75, 3.05) is 13.1 Å². The van der Waals surface area contributed by atoms with Gasteiger partial charge in [0, 0.05) is 16.8 Å². The van der Waals surface area contributed by atoms with Gasteiger partial charge in [0.15, 0.2) is 5.76 Å². The van der Waals surface area contributed by atoms with Crippen LogP contribution in [0.25, 0.3) is 11.0 Å². The van der Waals surface area contributed by atoms with Crippen molar-refractivity contribution in [3.05, 3.63) is 58.5 Å². The Morgan fingerprint density at radius 2 is 2.04 bits per heavy atom. The Labute approximate surface area is 143 Å². The quantitative estimate of drug-likeness (QED) is 0.748. The summed E-state index contributed by atoms with van der Waals surface area (Å²) in [6.07, 6.45) is 0. The van der Waals surface area contributed by atoms with E-state index < -0.39 is 0 Å². The first-order valence-electron chi connectivity index (χ1n) is 7.74. The zero-order chi connectivity index (χ0) is 16.9. The monoisotopic (exact) mass is 342 g/mol. The number of benzene rings is 1. The van der Waals surface area contributed by atoms with Crippen LogP contribution in [0, 0.1) is 0 Å². The molecular formula is C18H18N2O3S. The highest BCUT2D eigenvalue weighted by molar-refractivity contribution is 7.09. The molecule has 0 atom stereocenters. The highest BCUT2D eigenvalue weighted by Gasteiger charge is 2.20. The Bertz CT molecular complexity index is 806. The van der Waals surface area contributed by atoms with E-state index in [-0.39, 0.29) is 24.1 Å². The summed E-state index contributed by atoms with van der Waals surface area (Å²) < 4.78 is 5.59. The summed E-state index contributed by atoms with van der Waals surface area (Å²) in [5, 5.41) is 5.67. The molecular weight excluding hydrogens is 324 g/mol. The molecule has 2 aromatic heterocycles.